The van der Waals surface area contributed by atoms with Crippen LogP contribution in [0.1, 0.15) is 40.0 Å². The van der Waals surface area contributed by atoms with E-state index in [4.69, 9.17) is 5.73 Å². The van der Waals surface area contributed by atoms with Gasteiger partial charge in [0.05, 0.1) is 0 Å². The van der Waals surface area contributed by atoms with Crippen LogP contribution in [0, 0.1) is 5.92 Å². The minimum atomic E-state index is 0. The summed E-state index contributed by atoms with van der Waals surface area (Å²) in [5.41, 5.74) is 5.62. The second-order valence-electron chi connectivity index (χ2n) is 5.57. The van der Waals surface area contributed by atoms with E-state index in [1.807, 2.05) is 6.92 Å². The summed E-state index contributed by atoms with van der Waals surface area (Å²) < 4.78 is 0. The predicted molar refractivity (Wildman–Crippen MR) is 87.3 cm³/mol. The van der Waals surface area contributed by atoms with Gasteiger partial charge in [0.1, 0.15) is 0 Å². The van der Waals surface area contributed by atoms with E-state index in [1.165, 1.54) is 0 Å². The number of halogens is 2. The van der Waals surface area contributed by atoms with Gasteiger partial charge in [0, 0.05) is 25.0 Å². The molecule has 0 rings (SSSR count). The van der Waals surface area contributed by atoms with Crippen LogP contribution in [0.5, 0.6) is 0 Å². The standard InChI is InChI=1S/C13H29N3O.2ClH/c1-10(2)8-12(16(4)5)9-15-13(17)7-6-11(3)14;;/h10-12H,6-9,14H2,1-5H3,(H,15,17);2*1H. The van der Waals surface area contributed by atoms with Crippen molar-refractivity contribution in [1.29, 1.82) is 0 Å². The number of nitrogens with one attached hydrogen (secondary N) is 1. The normalized spacial score (nSPS) is 13.5. The highest BCUT2D eigenvalue weighted by atomic mass is 35.5. The number of rotatable bonds is 8. The summed E-state index contributed by atoms with van der Waals surface area (Å²) in [6.45, 7) is 7.06. The van der Waals surface area contributed by atoms with E-state index in [-0.39, 0.29) is 36.8 Å². The third-order valence-electron chi connectivity index (χ3n) is 2.84. The Hall–Kier alpha value is -0.0300. The molecule has 2 atom stereocenters. The quantitative estimate of drug-likeness (QED) is 0.720. The summed E-state index contributed by atoms with van der Waals surface area (Å²) in [5.74, 6) is 0.751. The van der Waals surface area contributed by atoms with E-state index in [9.17, 15) is 4.79 Å². The fourth-order valence-electron chi connectivity index (χ4n) is 1.70. The van der Waals surface area contributed by atoms with Crippen molar-refractivity contribution in [2.24, 2.45) is 11.7 Å². The summed E-state index contributed by atoms with van der Waals surface area (Å²) in [5, 5.41) is 2.99. The van der Waals surface area contributed by atoms with E-state index in [0.717, 1.165) is 19.4 Å². The van der Waals surface area contributed by atoms with Gasteiger partial charge in [-0.25, -0.2) is 0 Å². The molecule has 4 nitrogen and oxygen atoms in total. The van der Waals surface area contributed by atoms with Crippen LogP contribution in [-0.2, 0) is 4.79 Å². The van der Waals surface area contributed by atoms with Crippen LogP contribution in [0.4, 0.5) is 0 Å². The van der Waals surface area contributed by atoms with Crippen LogP contribution in [0.25, 0.3) is 0 Å². The Kier molecular flexibility index (Phi) is 16.4. The maximum absolute atomic E-state index is 11.6. The van der Waals surface area contributed by atoms with E-state index in [0.29, 0.717) is 18.4 Å². The van der Waals surface area contributed by atoms with Crippen LogP contribution in [-0.4, -0.2) is 43.5 Å². The van der Waals surface area contributed by atoms with Crippen LogP contribution >= 0.6 is 24.8 Å². The lowest BCUT2D eigenvalue weighted by Crippen LogP contribution is -2.41. The Morgan fingerprint density at radius 3 is 2.11 bits per heavy atom. The molecule has 0 aliphatic heterocycles. The maximum atomic E-state index is 11.6. The summed E-state index contributed by atoms with van der Waals surface area (Å²) in [6.07, 6.45) is 2.38. The number of nitrogens with two attached hydrogens (primary N) is 1. The van der Waals surface area contributed by atoms with Crippen LogP contribution < -0.4 is 11.1 Å². The smallest absolute Gasteiger partial charge is 0.220 e. The molecule has 6 heteroatoms. The van der Waals surface area contributed by atoms with Crippen LogP contribution in [0.2, 0.25) is 0 Å². The zero-order valence-electron chi connectivity index (χ0n) is 12.8. The van der Waals surface area contributed by atoms with E-state index < -0.39 is 0 Å². The molecule has 3 N–H and O–H groups in total. The molecule has 0 aliphatic rings. The van der Waals surface area contributed by atoms with E-state index in [1.54, 1.807) is 0 Å². The van der Waals surface area contributed by atoms with Gasteiger partial charge < -0.3 is 16.0 Å². The largest absolute Gasteiger partial charge is 0.355 e. The molecule has 0 aliphatic carbocycles. The van der Waals surface area contributed by atoms with E-state index in [2.05, 4.69) is 38.2 Å². The molecule has 0 aromatic rings. The molecule has 19 heavy (non-hydrogen) atoms. The van der Waals surface area contributed by atoms with Crippen molar-refractivity contribution in [1.82, 2.24) is 10.2 Å². The number of carbonyl (C=O) groups is 1. The van der Waals surface area contributed by atoms with Gasteiger partial charge in [0.15, 0.2) is 0 Å². The second-order valence-corrected chi connectivity index (χ2v) is 5.57. The molecule has 0 fully saturated rings. The Labute approximate surface area is 130 Å². The molecule has 0 heterocycles. The SMILES string of the molecule is CC(C)CC(CNC(=O)CCC(C)N)N(C)C.Cl.Cl. The van der Waals surface area contributed by atoms with Crippen molar-refractivity contribution in [3.63, 3.8) is 0 Å². The van der Waals surface area contributed by atoms with Crippen LogP contribution in [0.3, 0.4) is 0 Å². The highest BCUT2D eigenvalue weighted by molar-refractivity contribution is 5.85. The van der Waals surface area contributed by atoms with Gasteiger partial charge in [-0.1, -0.05) is 13.8 Å². The lowest BCUT2D eigenvalue weighted by molar-refractivity contribution is -0.121. The minimum Gasteiger partial charge on any atom is -0.355 e. The highest BCUT2D eigenvalue weighted by Crippen LogP contribution is 2.08. The second kappa shape index (κ2) is 13.0. The predicted octanol–water partition coefficient (Wildman–Crippen LogP) is 2.05. The highest BCUT2D eigenvalue weighted by Gasteiger charge is 2.14. The monoisotopic (exact) mass is 315 g/mol. The molecule has 2 unspecified atom stereocenters. The number of hydrogen-bond donors (Lipinski definition) is 2. The molecule has 0 radical (unpaired) electrons. The molecule has 118 valence electrons. The summed E-state index contributed by atoms with van der Waals surface area (Å²) in [6, 6.07) is 0.510. The van der Waals surface area contributed by atoms with E-state index >= 15 is 0 Å². The Morgan fingerprint density at radius 1 is 1.21 bits per heavy atom. The van der Waals surface area contributed by atoms with Crippen molar-refractivity contribution in [3.8, 4) is 0 Å². The number of carbonyl (C=O) groups excluding carboxylic acids is 1. The van der Waals surface area contributed by atoms with Gasteiger partial charge in [-0.3, -0.25) is 4.79 Å². The summed E-state index contributed by atoms with van der Waals surface area (Å²) in [7, 11) is 4.11. The average Bonchev–Trinajstić information content (AvgIpc) is 2.20. The molecule has 0 spiro atoms. The fraction of sp³-hybridized carbons (Fsp3) is 0.923. The Balaban J connectivity index is -0.00000128. The molecule has 0 bridgehead atoms. The fourth-order valence-corrected chi connectivity index (χ4v) is 1.70. The molecule has 1 amide bonds. The van der Waals surface area contributed by atoms with Crippen molar-refractivity contribution in [3.05, 3.63) is 0 Å². The minimum absolute atomic E-state index is 0. The lowest BCUT2D eigenvalue weighted by atomic mass is 10.0. The maximum Gasteiger partial charge on any atom is 0.220 e. The summed E-state index contributed by atoms with van der Waals surface area (Å²) >= 11 is 0. The lowest BCUT2D eigenvalue weighted by Gasteiger charge is -2.26. The third kappa shape index (κ3) is 14.2. The first-order valence-corrected chi connectivity index (χ1v) is 6.51. The van der Waals surface area contributed by atoms with Gasteiger partial charge in [-0.15, -0.1) is 24.8 Å². The van der Waals surface area contributed by atoms with Crippen molar-refractivity contribution in [2.45, 2.75) is 52.1 Å². The molecule has 0 saturated heterocycles. The van der Waals surface area contributed by atoms with Gasteiger partial charge in [0.25, 0.3) is 0 Å². The molecule has 0 saturated carbocycles. The first-order chi connectivity index (χ1) is 7.82. The average molecular weight is 316 g/mol. The third-order valence-corrected chi connectivity index (χ3v) is 2.84. The molecular weight excluding hydrogens is 285 g/mol. The van der Waals surface area contributed by atoms with Gasteiger partial charge >= 0.3 is 0 Å². The van der Waals surface area contributed by atoms with Gasteiger partial charge in [0.2, 0.25) is 5.91 Å². The number of nitrogens with zero attached hydrogens (tertiary/aromatic N) is 1. The van der Waals surface area contributed by atoms with Gasteiger partial charge in [-0.2, -0.15) is 0 Å². The zero-order chi connectivity index (χ0) is 13.4. The number of amides is 1. The molecular formula is C13H31Cl2N3O. The molecule has 0 aromatic heterocycles. The first kappa shape index (κ1) is 24.0. The van der Waals surface area contributed by atoms with Crippen molar-refractivity contribution < 1.29 is 4.79 Å². The molecule has 0 aromatic carbocycles. The zero-order valence-corrected chi connectivity index (χ0v) is 14.4. The summed E-state index contributed by atoms with van der Waals surface area (Å²) in [4.78, 5) is 13.7. The Morgan fingerprint density at radius 2 is 1.74 bits per heavy atom. The first-order valence-electron chi connectivity index (χ1n) is 6.51. The number of likely N-dealkylation sites (N-methyl/N-ethyl adjacent to an activating group) is 1. The van der Waals surface area contributed by atoms with Gasteiger partial charge in [-0.05, 0) is 39.8 Å². The number of hydrogen-bond acceptors (Lipinski definition) is 3. The topological polar surface area (TPSA) is 58.4 Å². The van der Waals surface area contributed by atoms with Crippen LogP contribution in [0.15, 0.2) is 0 Å². The Bertz CT molecular complexity index is 224. The van der Waals surface area contributed by atoms with Crippen molar-refractivity contribution in [2.75, 3.05) is 20.6 Å². The van der Waals surface area contributed by atoms with Crippen molar-refractivity contribution >= 4 is 30.7 Å².